The van der Waals surface area contributed by atoms with Crippen LogP contribution in [0.5, 0.6) is 11.5 Å². The molecule has 0 atom stereocenters. The number of aromatic hydroxyl groups is 1. The molecule has 2 N–H and O–H groups in total. The number of phenolic OH excluding ortho intramolecular Hbond substituents is 1. The maximum Gasteiger partial charge on any atom is 0.211 e. The zero-order chi connectivity index (χ0) is 21.3. The molecule has 1 amide bonds. The van der Waals surface area contributed by atoms with Gasteiger partial charge < -0.3 is 15.2 Å². The van der Waals surface area contributed by atoms with Gasteiger partial charge in [0.25, 0.3) is 0 Å². The second-order valence-corrected chi connectivity index (χ2v) is 6.76. The number of aromatic nitrogens is 2. The van der Waals surface area contributed by atoms with Crippen molar-refractivity contribution in [3.05, 3.63) is 66.5 Å². The molecule has 2 aromatic heterocycles. The lowest BCUT2D eigenvalue weighted by molar-refractivity contribution is -0.105. The van der Waals surface area contributed by atoms with Gasteiger partial charge in [-0.25, -0.2) is 4.98 Å². The number of Topliss-reactive ketones (excluding diaryl/α,β-unsaturated/α-hetero) is 1. The van der Waals surface area contributed by atoms with E-state index in [0.29, 0.717) is 29.1 Å². The molecule has 2 aromatic carbocycles. The predicted molar refractivity (Wildman–Crippen MR) is 114 cm³/mol. The molecule has 7 nitrogen and oxygen atoms in total. The molecule has 4 rings (SSSR count). The molecule has 0 fully saturated rings. The number of benzene rings is 2. The Kier molecular flexibility index (Phi) is 4.93. The van der Waals surface area contributed by atoms with Crippen molar-refractivity contribution < 1.29 is 19.4 Å². The van der Waals surface area contributed by atoms with Gasteiger partial charge >= 0.3 is 0 Å². The summed E-state index contributed by atoms with van der Waals surface area (Å²) >= 11 is 0. The lowest BCUT2D eigenvalue weighted by atomic mass is 10.1. The van der Waals surface area contributed by atoms with Crippen LogP contribution in [0.25, 0.3) is 28.0 Å². The van der Waals surface area contributed by atoms with Gasteiger partial charge in [-0.1, -0.05) is 30.3 Å². The van der Waals surface area contributed by atoms with Crippen molar-refractivity contribution in [1.29, 1.82) is 0 Å². The van der Waals surface area contributed by atoms with Gasteiger partial charge in [0.15, 0.2) is 22.9 Å². The number of methoxy groups -OCH3 is 1. The van der Waals surface area contributed by atoms with Crippen LogP contribution in [0, 0.1) is 0 Å². The maximum absolute atomic E-state index is 11.6. The Hall–Kier alpha value is -4.13. The molecule has 30 heavy (non-hydrogen) atoms. The molecule has 0 spiro atoms. The first-order valence-electron chi connectivity index (χ1n) is 9.22. The van der Waals surface area contributed by atoms with Crippen LogP contribution < -0.4 is 10.1 Å². The Labute approximate surface area is 172 Å². The number of ether oxygens (including phenoxy) is 1. The van der Waals surface area contributed by atoms with E-state index in [2.05, 4.69) is 10.3 Å². The minimum absolute atomic E-state index is 0.000672. The standard InChI is InChI=1S/C23H19N3O4/c1-14(28)15-3-5-16(6-4-15)20-11-24-23-19(25-13-27)9-18(12-26(20)23)17-7-8-21(29)22(10-17)30-2/h3-13,29H,1-2H3,(H,25,27). The Morgan fingerprint density at radius 3 is 2.50 bits per heavy atom. The van der Waals surface area contributed by atoms with Crippen LogP contribution in [-0.4, -0.2) is 33.8 Å². The van der Waals surface area contributed by atoms with E-state index in [1.165, 1.54) is 14.0 Å². The van der Waals surface area contributed by atoms with Gasteiger partial charge in [0.05, 0.1) is 24.7 Å². The number of hydrogen-bond acceptors (Lipinski definition) is 5. The van der Waals surface area contributed by atoms with Crippen molar-refractivity contribution >= 4 is 23.5 Å². The van der Waals surface area contributed by atoms with E-state index < -0.39 is 0 Å². The topological polar surface area (TPSA) is 92.9 Å². The van der Waals surface area contributed by atoms with Crippen molar-refractivity contribution in [1.82, 2.24) is 9.38 Å². The van der Waals surface area contributed by atoms with Crippen molar-refractivity contribution in [2.75, 3.05) is 12.4 Å². The fourth-order valence-corrected chi connectivity index (χ4v) is 3.36. The molecule has 0 aliphatic heterocycles. The summed E-state index contributed by atoms with van der Waals surface area (Å²) in [7, 11) is 1.49. The summed E-state index contributed by atoms with van der Waals surface area (Å²) in [4.78, 5) is 27.2. The van der Waals surface area contributed by atoms with Crippen LogP contribution in [0.15, 0.2) is 60.9 Å². The average Bonchev–Trinajstić information content (AvgIpc) is 3.18. The van der Waals surface area contributed by atoms with Crippen LogP contribution in [0.4, 0.5) is 5.69 Å². The molecule has 7 heteroatoms. The Morgan fingerprint density at radius 2 is 1.83 bits per heavy atom. The molecular weight excluding hydrogens is 382 g/mol. The molecule has 0 aliphatic carbocycles. The maximum atomic E-state index is 11.6. The van der Waals surface area contributed by atoms with Gasteiger partial charge in [-0.3, -0.25) is 14.0 Å². The summed E-state index contributed by atoms with van der Waals surface area (Å²) in [5.74, 6) is 0.395. The largest absolute Gasteiger partial charge is 0.504 e. The first-order chi connectivity index (χ1) is 14.5. The third-order valence-electron chi connectivity index (χ3n) is 4.92. The number of phenols is 1. The molecule has 0 saturated carbocycles. The lowest BCUT2D eigenvalue weighted by Gasteiger charge is -2.11. The van der Waals surface area contributed by atoms with Gasteiger partial charge in [0.2, 0.25) is 6.41 Å². The summed E-state index contributed by atoms with van der Waals surface area (Å²) in [6.45, 7) is 1.53. The summed E-state index contributed by atoms with van der Waals surface area (Å²) in [6, 6.07) is 14.1. The summed E-state index contributed by atoms with van der Waals surface area (Å²) in [5, 5.41) is 12.6. The highest BCUT2D eigenvalue weighted by Gasteiger charge is 2.14. The van der Waals surface area contributed by atoms with E-state index >= 15 is 0 Å². The van der Waals surface area contributed by atoms with Crippen LogP contribution in [0.3, 0.4) is 0 Å². The third kappa shape index (κ3) is 3.37. The number of pyridine rings is 1. The molecule has 0 saturated heterocycles. The van der Waals surface area contributed by atoms with Crippen LogP contribution in [-0.2, 0) is 4.79 Å². The summed E-state index contributed by atoms with van der Waals surface area (Å²) in [5.41, 5.74) is 5.04. The zero-order valence-electron chi connectivity index (χ0n) is 16.4. The number of imidazole rings is 1. The molecule has 150 valence electrons. The second-order valence-electron chi connectivity index (χ2n) is 6.76. The average molecular weight is 401 g/mol. The quantitative estimate of drug-likeness (QED) is 0.374. The summed E-state index contributed by atoms with van der Waals surface area (Å²) in [6.07, 6.45) is 4.22. The second kappa shape index (κ2) is 7.71. The first kappa shape index (κ1) is 19.2. The fourth-order valence-electron chi connectivity index (χ4n) is 3.36. The molecule has 0 radical (unpaired) electrons. The number of carbonyl (C=O) groups is 2. The van der Waals surface area contributed by atoms with Crippen molar-refractivity contribution in [3.8, 4) is 33.9 Å². The Morgan fingerprint density at radius 1 is 1.10 bits per heavy atom. The van der Waals surface area contributed by atoms with Gasteiger partial charge in [-0.15, -0.1) is 0 Å². The number of anilines is 1. The highest BCUT2D eigenvalue weighted by molar-refractivity contribution is 5.94. The summed E-state index contributed by atoms with van der Waals surface area (Å²) < 4.78 is 7.09. The molecule has 2 heterocycles. The van der Waals surface area contributed by atoms with Gasteiger partial charge in [0, 0.05) is 22.9 Å². The Balaban J connectivity index is 1.90. The number of nitrogens with one attached hydrogen (secondary N) is 1. The number of fused-ring (bicyclic) bond motifs is 1. The van der Waals surface area contributed by atoms with E-state index in [-0.39, 0.29) is 11.5 Å². The van der Waals surface area contributed by atoms with Crippen molar-refractivity contribution in [3.63, 3.8) is 0 Å². The van der Waals surface area contributed by atoms with E-state index in [9.17, 15) is 14.7 Å². The highest BCUT2D eigenvalue weighted by Crippen LogP contribution is 2.34. The van der Waals surface area contributed by atoms with Crippen LogP contribution in [0.2, 0.25) is 0 Å². The monoisotopic (exact) mass is 401 g/mol. The molecule has 0 aliphatic rings. The third-order valence-corrected chi connectivity index (χ3v) is 4.92. The fraction of sp³-hybridized carbons (Fsp3) is 0.0870. The number of nitrogens with zero attached hydrogens (tertiary/aromatic N) is 2. The van der Waals surface area contributed by atoms with E-state index in [0.717, 1.165) is 22.4 Å². The Bertz CT molecular complexity index is 1260. The smallest absolute Gasteiger partial charge is 0.211 e. The van der Waals surface area contributed by atoms with Gasteiger partial charge in [-0.2, -0.15) is 0 Å². The van der Waals surface area contributed by atoms with Gasteiger partial charge in [-0.05, 0) is 30.7 Å². The van der Waals surface area contributed by atoms with E-state index in [1.807, 2.05) is 28.8 Å². The molecule has 4 aromatic rings. The normalized spacial score (nSPS) is 10.7. The molecule has 0 unspecified atom stereocenters. The molecular formula is C23H19N3O4. The highest BCUT2D eigenvalue weighted by atomic mass is 16.5. The lowest BCUT2D eigenvalue weighted by Crippen LogP contribution is -2.00. The first-order valence-corrected chi connectivity index (χ1v) is 9.22. The van der Waals surface area contributed by atoms with Crippen LogP contribution in [0.1, 0.15) is 17.3 Å². The molecule has 0 bridgehead atoms. The number of rotatable bonds is 6. The van der Waals surface area contributed by atoms with Crippen LogP contribution >= 0.6 is 0 Å². The number of hydrogen-bond donors (Lipinski definition) is 2. The minimum Gasteiger partial charge on any atom is -0.504 e. The predicted octanol–water partition coefficient (Wildman–Crippen LogP) is 4.15. The number of carbonyl (C=O) groups excluding carboxylic acids is 2. The zero-order valence-corrected chi connectivity index (χ0v) is 16.4. The SMILES string of the molecule is COc1cc(-c2cc(NC=O)c3ncc(-c4ccc(C(C)=O)cc4)n3c2)ccc1O. The number of amides is 1. The van der Waals surface area contributed by atoms with Crippen molar-refractivity contribution in [2.45, 2.75) is 6.92 Å². The minimum atomic E-state index is 0.000672. The van der Waals surface area contributed by atoms with E-state index in [1.54, 1.807) is 36.5 Å². The van der Waals surface area contributed by atoms with E-state index in [4.69, 9.17) is 4.74 Å². The van der Waals surface area contributed by atoms with Gasteiger partial charge in [0.1, 0.15) is 0 Å². The number of ketones is 1. The van der Waals surface area contributed by atoms with Crippen molar-refractivity contribution in [2.24, 2.45) is 0 Å².